The lowest BCUT2D eigenvalue weighted by Gasteiger charge is -2.21. The van der Waals surface area contributed by atoms with E-state index in [0.29, 0.717) is 25.7 Å². The van der Waals surface area contributed by atoms with Gasteiger partial charge in [0.2, 0.25) is 0 Å². The molecule has 0 saturated carbocycles. The molecule has 0 fully saturated rings. The number of esters is 4. The molecule has 568 valence electrons. The van der Waals surface area contributed by atoms with Gasteiger partial charge in [0.05, 0.1) is 26.4 Å². The molecule has 5 unspecified atom stereocenters. The summed E-state index contributed by atoms with van der Waals surface area (Å²) in [4.78, 5) is 72.8. The van der Waals surface area contributed by atoms with Crippen LogP contribution in [0.2, 0.25) is 0 Å². The topological polar surface area (TPSA) is 237 Å². The molecule has 17 nitrogen and oxygen atoms in total. The van der Waals surface area contributed by atoms with Crippen molar-refractivity contribution in [3.05, 3.63) is 158 Å². The molecule has 0 aliphatic heterocycles. The van der Waals surface area contributed by atoms with E-state index in [4.69, 9.17) is 37.0 Å². The highest BCUT2D eigenvalue weighted by atomic mass is 31.2. The molecule has 0 aromatic carbocycles. The molecular weight excluding hydrogens is 1310 g/mol. The van der Waals surface area contributed by atoms with Crippen LogP contribution in [0.4, 0.5) is 0 Å². The maximum absolute atomic E-state index is 13.1. The third-order valence-corrected chi connectivity index (χ3v) is 16.8. The van der Waals surface area contributed by atoms with Crippen molar-refractivity contribution in [3.8, 4) is 0 Å². The highest BCUT2D eigenvalue weighted by Crippen LogP contribution is 2.45. The lowest BCUT2D eigenvalue weighted by molar-refractivity contribution is -0.161. The van der Waals surface area contributed by atoms with Gasteiger partial charge < -0.3 is 33.8 Å². The predicted octanol–water partition coefficient (Wildman–Crippen LogP) is 21.7. The maximum atomic E-state index is 13.1. The van der Waals surface area contributed by atoms with Gasteiger partial charge in [-0.3, -0.25) is 37.3 Å². The first-order chi connectivity index (χ1) is 48.7. The average molecular weight is 1440 g/mol. The largest absolute Gasteiger partial charge is 0.472 e. The van der Waals surface area contributed by atoms with Crippen LogP contribution in [0.25, 0.3) is 0 Å². The normalized spacial score (nSPS) is 14.8. The molecule has 0 saturated heterocycles. The number of phosphoric ester groups is 2. The lowest BCUT2D eigenvalue weighted by atomic mass is 10.1. The van der Waals surface area contributed by atoms with Gasteiger partial charge in [0.25, 0.3) is 0 Å². The van der Waals surface area contributed by atoms with E-state index in [1.54, 1.807) is 0 Å². The fourth-order valence-corrected chi connectivity index (χ4v) is 10.8. The average Bonchev–Trinajstić information content (AvgIpc) is 0.935. The molecule has 19 heteroatoms. The Morgan fingerprint density at radius 3 is 0.830 bits per heavy atom. The highest BCUT2D eigenvalue weighted by Gasteiger charge is 2.30. The number of phosphoric acid groups is 2. The first-order valence-electron chi connectivity index (χ1n) is 37.7. The monoisotopic (exact) mass is 1440 g/mol. The van der Waals surface area contributed by atoms with Crippen molar-refractivity contribution >= 4 is 39.5 Å². The molecule has 0 aromatic rings. The third-order valence-electron chi connectivity index (χ3n) is 14.9. The van der Waals surface area contributed by atoms with E-state index >= 15 is 0 Å². The van der Waals surface area contributed by atoms with Crippen LogP contribution < -0.4 is 0 Å². The summed E-state index contributed by atoms with van der Waals surface area (Å²) in [5.74, 6) is -2.30. The van der Waals surface area contributed by atoms with Crippen molar-refractivity contribution in [2.75, 3.05) is 39.6 Å². The molecule has 0 bridgehead atoms. The fraction of sp³-hybridized carbons (Fsp3) is 0.630. The number of carbonyl (C=O) groups is 4. The molecule has 0 rings (SSSR count). The van der Waals surface area contributed by atoms with Crippen LogP contribution in [0.15, 0.2) is 158 Å². The van der Waals surface area contributed by atoms with Crippen molar-refractivity contribution in [2.45, 2.75) is 290 Å². The van der Waals surface area contributed by atoms with Crippen molar-refractivity contribution in [1.82, 2.24) is 0 Å². The Labute approximate surface area is 604 Å². The van der Waals surface area contributed by atoms with Crippen molar-refractivity contribution in [1.29, 1.82) is 0 Å². The van der Waals surface area contributed by atoms with E-state index in [1.165, 1.54) is 0 Å². The number of unbranched alkanes of at least 4 members (excludes halogenated alkanes) is 17. The summed E-state index contributed by atoms with van der Waals surface area (Å²) in [7, 11) is -9.99. The number of allylic oxidation sites excluding steroid dienone is 26. The van der Waals surface area contributed by atoms with Crippen LogP contribution in [-0.4, -0.2) is 96.7 Å². The molecule has 0 radical (unpaired) electrons. The molecule has 0 aliphatic rings. The van der Waals surface area contributed by atoms with Crippen molar-refractivity contribution in [3.63, 3.8) is 0 Å². The van der Waals surface area contributed by atoms with Crippen LogP contribution in [0.3, 0.4) is 0 Å². The summed E-state index contributed by atoms with van der Waals surface area (Å²) in [6, 6.07) is 0. The quantitative estimate of drug-likeness (QED) is 0.0169. The summed E-state index contributed by atoms with van der Waals surface area (Å²) < 4.78 is 68.3. The van der Waals surface area contributed by atoms with Crippen LogP contribution in [-0.2, 0) is 65.4 Å². The van der Waals surface area contributed by atoms with Gasteiger partial charge in [-0.05, 0) is 161 Å². The Kier molecular flexibility index (Phi) is 68.2. The zero-order chi connectivity index (χ0) is 73.2. The standard InChI is InChI=1S/C81H132O17P2/c1-5-9-13-17-21-25-29-33-35-36-37-38-40-44-46-50-54-58-62-66-79(84)92-72-77(98-81(86)68-64-60-56-52-48-42-32-28-24-20-16-12-8-4)74-96-100(89,90)94-70-75(82)69-93-99(87,88)95-73-76(97-80(85)67-63-59-55-51-47-41-31-27-23-19-15-11-7-3)71-91-78(83)65-61-57-53-49-45-43-39-34-30-26-22-18-14-10-6-2/h9-10,13-16,19-22,25-28,31-35,37-39,44-46,49,75-77,82H,5-8,11-12,17-18,23-24,29-30,36,40-43,47-48,50-74H2,1-4H3,(H,87,88)(H,89,90)/b13-9-,14-10-,19-15-,20-16-,25-21-,26-22-,31-27-,32-28-,35-33-,38-37-,39-34-,46-44-,49-45-. The number of hydrogen-bond acceptors (Lipinski definition) is 15. The number of rotatable bonds is 69. The summed E-state index contributed by atoms with van der Waals surface area (Å²) in [6.07, 6.45) is 82.4. The number of ether oxygens (including phenoxy) is 4. The number of carbonyl (C=O) groups excluding carboxylic acids is 4. The predicted molar refractivity (Wildman–Crippen MR) is 408 cm³/mol. The minimum Gasteiger partial charge on any atom is -0.462 e. The zero-order valence-electron chi connectivity index (χ0n) is 61.8. The molecule has 0 spiro atoms. The Bertz CT molecular complexity index is 2520. The molecule has 3 N–H and O–H groups in total. The second-order valence-electron chi connectivity index (χ2n) is 24.5. The van der Waals surface area contributed by atoms with Crippen LogP contribution in [0.5, 0.6) is 0 Å². The highest BCUT2D eigenvalue weighted by molar-refractivity contribution is 7.47. The molecule has 0 aliphatic carbocycles. The second-order valence-corrected chi connectivity index (χ2v) is 27.4. The van der Waals surface area contributed by atoms with E-state index in [-0.39, 0.29) is 25.7 Å². The van der Waals surface area contributed by atoms with Gasteiger partial charge in [0.1, 0.15) is 19.3 Å². The molecule has 0 aromatic heterocycles. The maximum Gasteiger partial charge on any atom is 0.472 e. The van der Waals surface area contributed by atoms with Crippen LogP contribution in [0.1, 0.15) is 272 Å². The van der Waals surface area contributed by atoms with Gasteiger partial charge in [-0.1, -0.05) is 243 Å². The summed E-state index contributed by atoms with van der Waals surface area (Å²) in [5.41, 5.74) is 0. The van der Waals surface area contributed by atoms with Gasteiger partial charge in [-0.2, -0.15) is 0 Å². The van der Waals surface area contributed by atoms with Gasteiger partial charge in [-0.25, -0.2) is 9.13 Å². The minimum absolute atomic E-state index is 0.0636. The molecule has 5 atom stereocenters. The first kappa shape index (κ1) is 94.7. The van der Waals surface area contributed by atoms with E-state index < -0.39 is 97.5 Å². The molecular formula is C81H132O17P2. The minimum atomic E-state index is -4.99. The summed E-state index contributed by atoms with van der Waals surface area (Å²) >= 11 is 0. The zero-order valence-corrected chi connectivity index (χ0v) is 63.6. The Morgan fingerprint density at radius 2 is 0.520 bits per heavy atom. The SMILES string of the molecule is CC/C=C\C/C=C\C/C=C\C/C=C\C/C=C\CCCCCC(=O)OCC(COP(=O)(O)OCC(O)COP(=O)(O)OCC(COC(=O)CCCC/C=C\C/C=C\C/C=C\C/C=C\CC)OC(=O)CCCCCCC/C=C\C/C=C\CCC)OC(=O)CCCCCCC/C=C\C/C=C\CCC. The number of hydrogen-bond donors (Lipinski definition) is 3. The van der Waals surface area contributed by atoms with Crippen molar-refractivity contribution in [2.24, 2.45) is 0 Å². The smallest absolute Gasteiger partial charge is 0.462 e. The number of aliphatic hydroxyl groups is 1. The van der Waals surface area contributed by atoms with Gasteiger partial charge in [0.15, 0.2) is 12.2 Å². The Balaban J connectivity index is 5.43. The summed E-state index contributed by atoms with van der Waals surface area (Å²) in [5, 5.41) is 10.6. The van der Waals surface area contributed by atoms with Crippen LogP contribution in [0, 0.1) is 0 Å². The second kappa shape index (κ2) is 72.0. The fourth-order valence-electron chi connectivity index (χ4n) is 9.25. The van der Waals surface area contributed by atoms with Crippen LogP contribution >= 0.6 is 15.6 Å². The van der Waals surface area contributed by atoms with E-state index in [1.807, 2.05) is 0 Å². The molecule has 0 heterocycles. The third kappa shape index (κ3) is 71.1. The summed E-state index contributed by atoms with van der Waals surface area (Å²) in [6.45, 7) is 4.37. The molecule has 0 amide bonds. The van der Waals surface area contributed by atoms with E-state index in [9.17, 15) is 43.2 Å². The molecule has 100 heavy (non-hydrogen) atoms. The van der Waals surface area contributed by atoms with Crippen molar-refractivity contribution < 1.29 is 80.2 Å². The Hall–Kier alpha value is -5.32. The Morgan fingerprint density at radius 1 is 0.290 bits per heavy atom. The van der Waals surface area contributed by atoms with Gasteiger partial charge in [0, 0.05) is 25.7 Å². The van der Waals surface area contributed by atoms with Gasteiger partial charge >= 0.3 is 39.5 Å². The lowest BCUT2D eigenvalue weighted by Crippen LogP contribution is -2.30. The van der Waals surface area contributed by atoms with E-state index in [2.05, 4.69) is 186 Å². The first-order valence-corrected chi connectivity index (χ1v) is 40.7. The van der Waals surface area contributed by atoms with E-state index in [0.717, 1.165) is 193 Å². The van der Waals surface area contributed by atoms with Gasteiger partial charge in [-0.15, -0.1) is 0 Å². The number of aliphatic hydroxyl groups excluding tert-OH is 1.